The number of aromatic nitrogens is 1. The summed E-state index contributed by atoms with van der Waals surface area (Å²) in [4.78, 5) is 6.48. The maximum absolute atomic E-state index is 10.8. The highest BCUT2D eigenvalue weighted by molar-refractivity contribution is 5.14. The summed E-state index contributed by atoms with van der Waals surface area (Å²) in [5.74, 6) is 0. The fraction of sp³-hybridized carbons (Fsp3) is 0.643. The molecule has 0 saturated carbocycles. The summed E-state index contributed by atoms with van der Waals surface area (Å²) >= 11 is 0. The molecule has 2 atom stereocenters. The van der Waals surface area contributed by atoms with Gasteiger partial charge in [0.15, 0.2) is 0 Å². The number of nitrogens with zero attached hydrogens (tertiary/aromatic N) is 2. The molecule has 2 unspecified atom stereocenters. The summed E-state index contributed by atoms with van der Waals surface area (Å²) in [5.41, 5.74) is 0.512. The molecule has 0 amide bonds. The van der Waals surface area contributed by atoms with Crippen molar-refractivity contribution in [3.05, 3.63) is 30.1 Å². The van der Waals surface area contributed by atoms with Gasteiger partial charge in [-0.05, 0) is 31.5 Å². The number of pyridine rings is 1. The number of hydrogen-bond donors (Lipinski definition) is 1. The topological polar surface area (TPSA) is 45.6 Å². The standard InChI is InChI=1S/C14H20N2O2/c1-16-12-6-14(17,7-13(16)10-18-9-12)5-11-3-2-4-15-8-11/h2-4,8,12-13,17H,5-7,9-10H2,1H3. The van der Waals surface area contributed by atoms with E-state index in [1.807, 2.05) is 18.3 Å². The van der Waals surface area contributed by atoms with Crippen LogP contribution in [0.5, 0.6) is 0 Å². The van der Waals surface area contributed by atoms with Crippen molar-refractivity contribution in [2.45, 2.75) is 36.9 Å². The minimum absolute atomic E-state index is 0.346. The van der Waals surface area contributed by atoms with Crippen LogP contribution in [0.1, 0.15) is 18.4 Å². The first-order valence-corrected chi connectivity index (χ1v) is 6.57. The fourth-order valence-electron chi connectivity index (χ4n) is 3.27. The molecule has 0 radical (unpaired) electrons. The fourth-order valence-corrected chi connectivity index (χ4v) is 3.27. The van der Waals surface area contributed by atoms with Crippen molar-refractivity contribution in [3.63, 3.8) is 0 Å². The molecule has 2 aliphatic rings. The molecule has 3 heterocycles. The van der Waals surface area contributed by atoms with Gasteiger partial charge in [0.05, 0.1) is 18.8 Å². The summed E-state index contributed by atoms with van der Waals surface area (Å²) in [5, 5.41) is 10.8. The van der Waals surface area contributed by atoms with E-state index in [9.17, 15) is 5.11 Å². The second-order valence-electron chi connectivity index (χ2n) is 5.68. The Balaban J connectivity index is 1.75. The molecule has 2 saturated heterocycles. The van der Waals surface area contributed by atoms with E-state index in [-0.39, 0.29) is 0 Å². The van der Waals surface area contributed by atoms with Crippen LogP contribution in [0.4, 0.5) is 0 Å². The monoisotopic (exact) mass is 248 g/mol. The summed E-state index contributed by atoms with van der Waals surface area (Å²) in [6.07, 6.45) is 5.89. The number of piperidine rings is 1. The van der Waals surface area contributed by atoms with Crippen LogP contribution in [-0.4, -0.2) is 52.9 Å². The zero-order chi connectivity index (χ0) is 12.6. The molecule has 2 fully saturated rings. The summed E-state index contributed by atoms with van der Waals surface area (Å²) < 4.78 is 5.59. The molecule has 0 aromatic carbocycles. The van der Waals surface area contributed by atoms with Gasteiger partial charge in [0.1, 0.15) is 0 Å². The second-order valence-corrected chi connectivity index (χ2v) is 5.68. The van der Waals surface area contributed by atoms with Crippen molar-refractivity contribution in [3.8, 4) is 0 Å². The number of morpholine rings is 1. The lowest BCUT2D eigenvalue weighted by atomic mass is 9.78. The molecule has 0 aliphatic carbocycles. The van der Waals surface area contributed by atoms with Crippen LogP contribution in [0.2, 0.25) is 0 Å². The van der Waals surface area contributed by atoms with Gasteiger partial charge in [-0.1, -0.05) is 6.07 Å². The number of likely N-dealkylation sites (N-methyl/N-ethyl adjacent to an activating group) is 1. The third-order valence-corrected chi connectivity index (χ3v) is 4.26. The van der Waals surface area contributed by atoms with E-state index in [1.54, 1.807) is 6.20 Å². The molecular weight excluding hydrogens is 228 g/mol. The van der Waals surface area contributed by atoms with Crippen molar-refractivity contribution in [2.24, 2.45) is 0 Å². The predicted molar refractivity (Wildman–Crippen MR) is 68.3 cm³/mol. The van der Waals surface area contributed by atoms with Gasteiger partial charge in [0.25, 0.3) is 0 Å². The quantitative estimate of drug-likeness (QED) is 0.843. The Morgan fingerprint density at radius 2 is 2.17 bits per heavy atom. The van der Waals surface area contributed by atoms with Crippen LogP contribution in [0.3, 0.4) is 0 Å². The maximum atomic E-state index is 10.8. The van der Waals surface area contributed by atoms with Crippen molar-refractivity contribution < 1.29 is 9.84 Å². The predicted octanol–water partition coefficient (Wildman–Crippen LogP) is 0.848. The Hall–Kier alpha value is -0.970. The van der Waals surface area contributed by atoms with E-state index in [0.29, 0.717) is 18.5 Å². The molecule has 18 heavy (non-hydrogen) atoms. The van der Waals surface area contributed by atoms with Gasteiger partial charge < -0.3 is 9.84 Å². The Labute approximate surface area is 108 Å². The molecule has 98 valence electrons. The first-order chi connectivity index (χ1) is 8.66. The van der Waals surface area contributed by atoms with Crippen LogP contribution in [0.15, 0.2) is 24.5 Å². The number of hydrogen-bond acceptors (Lipinski definition) is 4. The first-order valence-electron chi connectivity index (χ1n) is 6.57. The highest BCUT2D eigenvalue weighted by Gasteiger charge is 2.44. The molecule has 4 heteroatoms. The lowest BCUT2D eigenvalue weighted by Crippen LogP contribution is -2.60. The highest BCUT2D eigenvalue weighted by atomic mass is 16.5. The van der Waals surface area contributed by atoms with Crippen LogP contribution in [-0.2, 0) is 11.2 Å². The lowest BCUT2D eigenvalue weighted by Gasteiger charge is -2.50. The largest absolute Gasteiger partial charge is 0.389 e. The molecule has 1 aromatic heterocycles. The van der Waals surface area contributed by atoms with Gasteiger partial charge >= 0.3 is 0 Å². The van der Waals surface area contributed by atoms with Gasteiger partial charge in [0.2, 0.25) is 0 Å². The molecule has 1 N–H and O–H groups in total. The van der Waals surface area contributed by atoms with Gasteiger partial charge in [0, 0.05) is 30.9 Å². The number of fused-ring (bicyclic) bond motifs is 2. The maximum Gasteiger partial charge on any atom is 0.0720 e. The number of ether oxygens (including phenoxy) is 1. The zero-order valence-corrected chi connectivity index (χ0v) is 10.7. The number of rotatable bonds is 2. The van der Waals surface area contributed by atoms with Gasteiger partial charge in [-0.25, -0.2) is 0 Å². The average molecular weight is 248 g/mol. The van der Waals surface area contributed by atoms with Gasteiger partial charge in [-0.3, -0.25) is 9.88 Å². The SMILES string of the molecule is CN1C2COCC1CC(O)(Cc1cccnc1)C2. The molecule has 2 bridgehead atoms. The molecule has 2 aliphatic heterocycles. The van der Waals surface area contributed by atoms with E-state index in [0.717, 1.165) is 31.6 Å². The van der Waals surface area contributed by atoms with Crippen molar-refractivity contribution in [1.82, 2.24) is 9.88 Å². The van der Waals surface area contributed by atoms with E-state index < -0.39 is 5.60 Å². The minimum Gasteiger partial charge on any atom is -0.389 e. The highest BCUT2D eigenvalue weighted by Crippen LogP contribution is 2.35. The van der Waals surface area contributed by atoms with Crippen LogP contribution in [0.25, 0.3) is 0 Å². The van der Waals surface area contributed by atoms with E-state index >= 15 is 0 Å². The van der Waals surface area contributed by atoms with Crippen LogP contribution >= 0.6 is 0 Å². The Kier molecular flexibility index (Phi) is 3.09. The second kappa shape index (κ2) is 4.61. The van der Waals surface area contributed by atoms with Gasteiger partial charge in [-0.15, -0.1) is 0 Å². The minimum atomic E-state index is -0.603. The van der Waals surface area contributed by atoms with E-state index in [4.69, 9.17) is 4.74 Å². The Morgan fingerprint density at radius 1 is 1.44 bits per heavy atom. The molecule has 4 nitrogen and oxygen atoms in total. The zero-order valence-electron chi connectivity index (χ0n) is 10.7. The molecule has 3 rings (SSSR count). The summed E-state index contributed by atoms with van der Waals surface area (Å²) in [6, 6.07) is 4.66. The van der Waals surface area contributed by atoms with E-state index in [1.165, 1.54) is 0 Å². The average Bonchev–Trinajstić information content (AvgIpc) is 2.33. The molecular formula is C14H20N2O2. The Morgan fingerprint density at radius 3 is 2.78 bits per heavy atom. The molecule has 1 aromatic rings. The smallest absolute Gasteiger partial charge is 0.0720 e. The summed E-state index contributed by atoms with van der Waals surface area (Å²) in [7, 11) is 2.14. The Bertz CT molecular complexity index is 396. The van der Waals surface area contributed by atoms with Gasteiger partial charge in [-0.2, -0.15) is 0 Å². The third kappa shape index (κ3) is 2.28. The number of aliphatic hydroxyl groups is 1. The van der Waals surface area contributed by atoms with Crippen LogP contribution in [0, 0.1) is 0 Å². The summed E-state index contributed by atoms with van der Waals surface area (Å²) in [6.45, 7) is 1.48. The third-order valence-electron chi connectivity index (χ3n) is 4.26. The van der Waals surface area contributed by atoms with Crippen LogP contribution < -0.4 is 0 Å². The van der Waals surface area contributed by atoms with Crippen molar-refractivity contribution in [2.75, 3.05) is 20.3 Å². The van der Waals surface area contributed by atoms with Crippen molar-refractivity contribution >= 4 is 0 Å². The normalized spacial score (nSPS) is 36.6. The lowest BCUT2D eigenvalue weighted by molar-refractivity contribution is -0.133. The molecule has 0 spiro atoms. The first kappa shape index (κ1) is 12.1. The van der Waals surface area contributed by atoms with E-state index in [2.05, 4.69) is 16.9 Å². The van der Waals surface area contributed by atoms with Crippen molar-refractivity contribution in [1.29, 1.82) is 0 Å².